The van der Waals surface area contributed by atoms with Crippen molar-refractivity contribution in [2.24, 2.45) is 0 Å². The average Bonchev–Trinajstić information content (AvgIpc) is 3.34. The first-order chi connectivity index (χ1) is 16.3. The summed E-state index contributed by atoms with van der Waals surface area (Å²) in [5.41, 5.74) is 0.776. The zero-order valence-corrected chi connectivity index (χ0v) is 19.6. The Morgan fingerprint density at radius 3 is 2.47 bits per heavy atom. The van der Waals surface area contributed by atoms with Crippen LogP contribution in [0.4, 0.5) is 5.69 Å². The highest BCUT2D eigenvalue weighted by atomic mass is 16.5. The molecule has 1 aromatic heterocycles. The van der Waals surface area contributed by atoms with Gasteiger partial charge in [0.2, 0.25) is 0 Å². The van der Waals surface area contributed by atoms with Crippen molar-refractivity contribution in [3.05, 3.63) is 83.3 Å². The number of aryl methyl sites for hydroxylation is 1. The van der Waals surface area contributed by atoms with Gasteiger partial charge in [-0.3, -0.25) is 14.5 Å². The van der Waals surface area contributed by atoms with Crippen LogP contribution in [0.2, 0.25) is 0 Å². The highest BCUT2D eigenvalue weighted by Crippen LogP contribution is 2.43. The minimum absolute atomic E-state index is 0.0529. The van der Waals surface area contributed by atoms with Gasteiger partial charge in [0.05, 0.1) is 18.3 Å². The van der Waals surface area contributed by atoms with Crippen molar-refractivity contribution in [2.45, 2.75) is 39.8 Å². The Labute approximate surface area is 198 Å². The molecule has 0 bridgehead atoms. The normalized spacial score (nSPS) is 17.4. The average molecular weight is 462 g/mol. The van der Waals surface area contributed by atoms with Gasteiger partial charge in [-0.05, 0) is 64.1 Å². The van der Waals surface area contributed by atoms with E-state index in [4.69, 9.17) is 13.9 Å². The minimum Gasteiger partial charge on any atom is -0.507 e. The van der Waals surface area contributed by atoms with Crippen LogP contribution < -0.4 is 14.4 Å². The molecule has 34 heavy (non-hydrogen) atoms. The summed E-state index contributed by atoms with van der Waals surface area (Å²) >= 11 is 0. The van der Waals surface area contributed by atoms with Gasteiger partial charge in [-0.15, -0.1) is 0 Å². The monoisotopic (exact) mass is 461 g/mol. The summed E-state index contributed by atoms with van der Waals surface area (Å²) in [4.78, 5) is 27.8. The van der Waals surface area contributed by atoms with Gasteiger partial charge in [0.15, 0.2) is 0 Å². The van der Waals surface area contributed by atoms with E-state index >= 15 is 0 Å². The van der Waals surface area contributed by atoms with Crippen molar-refractivity contribution in [3.63, 3.8) is 0 Å². The van der Waals surface area contributed by atoms with Gasteiger partial charge in [-0.25, -0.2) is 0 Å². The number of amides is 1. The predicted octanol–water partition coefficient (Wildman–Crippen LogP) is 5.40. The van der Waals surface area contributed by atoms with Crippen LogP contribution >= 0.6 is 0 Å². The topological polar surface area (TPSA) is 89.2 Å². The van der Waals surface area contributed by atoms with Crippen molar-refractivity contribution in [1.29, 1.82) is 0 Å². The molecule has 0 saturated carbocycles. The third-order valence-electron chi connectivity index (χ3n) is 5.36. The van der Waals surface area contributed by atoms with E-state index in [1.54, 1.807) is 67.6 Å². The Bertz CT molecular complexity index is 1260. The standard InChI is InChI=1S/C27H27NO6/c1-5-32-20-10-7-9-19(15-20)28-24(22-13-12-17(4)34-22)23(26(30)27(28)31)25(29)18-8-6-11-21(14-18)33-16(2)3/h6-16,24,29H,5H2,1-4H3/b25-23-. The van der Waals surface area contributed by atoms with Gasteiger partial charge in [0, 0.05) is 17.3 Å². The van der Waals surface area contributed by atoms with E-state index in [-0.39, 0.29) is 17.4 Å². The maximum atomic E-state index is 13.3. The lowest BCUT2D eigenvalue weighted by molar-refractivity contribution is -0.132. The van der Waals surface area contributed by atoms with Crippen molar-refractivity contribution in [2.75, 3.05) is 11.5 Å². The minimum atomic E-state index is -0.944. The molecule has 1 fully saturated rings. The predicted molar refractivity (Wildman–Crippen MR) is 128 cm³/mol. The number of rotatable bonds is 7. The summed E-state index contributed by atoms with van der Waals surface area (Å²) in [6.07, 6.45) is -0.0633. The van der Waals surface area contributed by atoms with E-state index in [0.717, 1.165) is 0 Å². The molecule has 2 aromatic carbocycles. The van der Waals surface area contributed by atoms with Crippen LogP contribution in [0.3, 0.4) is 0 Å². The Hall–Kier alpha value is -4.00. The molecule has 4 rings (SSSR count). The molecule has 1 unspecified atom stereocenters. The SMILES string of the molecule is CCOc1cccc(N2C(=O)C(=O)/C(=C(\O)c3cccc(OC(C)C)c3)C2c2ccc(C)o2)c1. The number of carbonyl (C=O) groups is 2. The van der Waals surface area contributed by atoms with E-state index in [1.165, 1.54) is 4.90 Å². The third-order valence-corrected chi connectivity index (χ3v) is 5.36. The lowest BCUT2D eigenvalue weighted by Crippen LogP contribution is -2.29. The van der Waals surface area contributed by atoms with Gasteiger partial charge in [-0.1, -0.05) is 18.2 Å². The van der Waals surface area contributed by atoms with E-state index in [1.807, 2.05) is 20.8 Å². The molecule has 0 aliphatic carbocycles. The fourth-order valence-electron chi connectivity index (χ4n) is 4.00. The second-order valence-corrected chi connectivity index (χ2v) is 8.24. The molecule has 1 N–H and O–H groups in total. The molecule has 1 amide bonds. The molecule has 176 valence electrons. The number of nitrogens with zero attached hydrogens (tertiary/aromatic N) is 1. The van der Waals surface area contributed by atoms with Crippen LogP contribution in [0.5, 0.6) is 11.5 Å². The summed E-state index contributed by atoms with van der Waals surface area (Å²) in [6.45, 7) is 7.89. The summed E-state index contributed by atoms with van der Waals surface area (Å²) in [7, 11) is 0. The number of hydrogen-bond donors (Lipinski definition) is 1. The summed E-state index contributed by atoms with van der Waals surface area (Å²) in [5, 5.41) is 11.3. The van der Waals surface area contributed by atoms with E-state index in [2.05, 4.69) is 0 Å². The maximum absolute atomic E-state index is 13.3. The first-order valence-corrected chi connectivity index (χ1v) is 11.2. The smallest absolute Gasteiger partial charge is 0.300 e. The van der Waals surface area contributed by atoms with Gasteiger partial charge < -0.3 is 19.0 Å². The van der Waals surface area contributed by atoms with Crippen LogP contribution in [0.25, 0.3) is 5.76 Å². The molecule has 1 aliphatic heterocycles. The van der Waals surface area contributed by atoms with Gasteiger partial charge in [0.1, 0.15) is 34.8 Å². The number of furan rings is 1. The number of carbonyl (C=O) groups excluding carboxylic acids is 2. The van der Waals surface area contributed by atoms with Crippen LogP contribution in [-0.4, -0.2) is 29.5 Å². The Morgan fingerprint density at radius 2 is 1.79 bits per heavy atom. The maximum Gasteiger partial charge on any atom is 0.300 e. The first kappa shape index (κ1) is 23.2. The van der Waals surface area contributed by atoms with Crippen LogP contribution in [-0.2, 0) is 9.59 Å². The lowest BCUT2D eigenvalue weighted by Gasteiger charge is -2.24. The van der Waals surface area contributed by atoms with Crippen LogP contribution in [0.15, 0.2) is 70.7 Å². The highest BCUT2D eigenvalue weighted by molar-refractivity contribution is 6.51. The molecule has 7 nitrogen and oxygen atoms in total. The van der Waals surface area contributed by atoms with Crippen molar-refractivity contribution in [1.82, 2.24) is 0 Å². The first-order valence-electron chi connectivity index (χ1n) is 11.2. The second kappa shape index (κ2) is 9.47. The number of anilines is 1. The fourth-order valence-corrected chi connectivity index (χ4v) is 4.00. The lowest BCUT2D eigenvalue weighted by atomic mass is 9.99. The van der Waals surface area contributed by atoms with Gasteiger partial charge in [0.25, 0.3) is 11.7 Å². The molecule has 0 radical (unpaired) electrons. The largest absolute Gasteiger partial charge is 0.507 e. The van der Waals surface area contributed by atoms with Gasteiger partial charge >= 0.3 is 0 Å². The molecule has 1 aliphatic rings. The zero-order valence-electron chi connectivity index (χ0n) is 19.6. The second-order valence-electron chi connectivity index (χ2n) is 8.24. The summed E-state index contributed by atoms with van der Waals surface area (Å²) in [6, 6.07) is 16.2. The Morgan fingerprint density at radius 1 is 1.06 bits per heavy atom. The molecule has 3 aromatic rings. The van der Waals surface area contributed by atoms with Crippen molar-refractivity contribution < 1.29 is 28.6 Å². The number of ether oxygens (including phenoxy) is 2. The number of ketones is 1. The summed E-state index contributed by atoms with van der Waals surface area (Å²) < 4.78 is 17.1. The van der Waals surface area contributed by atoms with Gasteiger partial charge in [-0.2, -0.15) is 0 Å². The summed E-state index contributed by atoms with van der Waals surface area (Å²) in [5.74, 6) is 0.246. The molecule has 0 spiro atoms. The zero-order chi connectivity index (χ0) is 24.4. The molecule has 7 heteroatoms. The van der Waals surface area contributed by atoms with E-state index < -0.39 is 17.7 Å². The van der Waals surface area contributed by atoms with E-state index in [0.29, 0.717) is 40.9 Å². The molecule has 1 atom stereocenters. The highest BCUT2D eigenvalue weighted by Gasteiger charge is 2.48. The number of Topliss-reactive ketones (excluding diaryl/α,β-unsaturated/α-hetero) is 1. The molecule has 1 saturated heterocycles. The van der Waals surface area contributed by atoms with Crippen molar-refractivity contribution in [3.8, 4) is 11.5 Å². The number of aliphatic hydroxyl groups is 1. The number of hydrogen-bond acceptors (Lipinski definition) is 6. The molecule has 2 heterocycles. The van der Waals surface area contributed by atoms with Crippen molar-refractivity contribution >= 4 is 23.1 Å². The quantitative estimate of drug-likeness (QED) is 0.288. The molecular weight excluding hydrogens is 434 g/mol. The Balaban J connectivity index is 1.87. The molecular formula is C27H27NO6. The number of benzene rings is 2. The fraction of sp³-hybridized carbons (Fsp3) is 0.259. The van der Waals surface area contributed by atoms with E-state index in [9.17, 15) is 14.7 Å². The third kappa shape index (κ3) is 4.41. The Kier molecular flexibility index (Phi) is 6.45. The van der Waals surface area contributed by atoms with Crippen LogP contribution in [0, 0.1) is 6.92 Å². The number of aliphatic hydroxyl groups excluding tert-OH is 1. The van der Waals surface area contributed by atoms with Crippen LogP contribution in [0.1, 0.15) is 43.9 Å².